The maximum Gasteiger partial charge on any atom is 0.295 e. The number of aliphatic hydroxyl groups is 1. The van der Waals surface area contributed by atoms with Crippen molar-refractivity contribution in [3.05, 3.63) is 94.0 Å². The number of phenolic OH excluding ortho intramolecular Hbond substituents is 1. The van der Waals surface area contributed by atoms with Crippen molar-refractivity contribution in [2.75, 3.05) is 13.2 Å². The van der Waals surface area contributed by atoms with Gasteiger partial charge in [-0.15, -0.1) is 0 Å². The molecule has 0 aromatic heterocycles. The normalized spacial score (nSPS) is 16.8. The predicted octanol–water partition coefficient (Wildman–Crippen LogP) is 6.10. The first kappa shape index (κ1) is 27.1. The third-order valence-corrected chi connectivity index (χ3v) is 6.43. The molecule has 1 fully saturated rings. The van der Waals surface area contributed by atoms with Crippen LogP contribution in [-0.2, 0) is 16.1 Å². The molecule has 1 atom stereocenters. The number of carbonyl (C=O) groups is 2. The molecule has 198 valence electrons. The summed E-state index contributed by atoms with van der Waals surface area (Å²) in [5, 5.41) is 21.5. The van der Waals surface area contributed by atoms with E-state index in [4.69, 9.17) is 21.1 Å². The summed E-state index contributed by atoms with van der Waals surface area (Å²) in [5.41, 5.74) is 1.60. The summed E-state index contributed by atoms with van der Waals surface area (Å²) in [6.07, 6.45) is 0. The lowest BCUT2D eigenvalue weighted by atomic mass is 9.95. The molecule has 0 radical (unpaired) electrons. The fraction of sp³-hybridized carbons (Fsp3) is 0.267. The van der Waals surface area contributed by atoms with Crippen LogP contribution in [0.2, 0.25) is 5.02 Å². The molecule has 38 heavy (non-hydrogen) atoms. The van der Waals surface area contributed by atoms with Gasteiger partial charge < -0.3 is 24.6 Å². The fourth-order valence-corrected chi connectivity index (χ4v) is 4.44. The lowest BCUT2D eigenvalue weighted by molar-refractivity contribution is -0.140. The number of ketones is 1. The minimum Gasteiger partial charge on any atom is -0.508 e. The number of aliphatic hydroxyl groups excluding tert-OH is 1. The summed E-state index contributed by atoms with van der Waals surface area (Å²) < 4.78 is 11.3. The first-order valence-electron chi connectivity index (χ1n) is 12.4. The van der Waals surface area contributed by atoms with Gasteiger partial charge in [0.05, 0.1) is 29.9 Å². The van der Waals surface area contributed by atoms with E-state index in [-0.39, 0.29) is 23.6 Å². The zero-order valence-electron chi connectivity index (χ0n) is 21.5. The molecule has 1 heterocycles. The summed E-state index contributed by atoms with van der Waals surface area (Å²) in [4.78, 5) is 28.0. The monoisotopic (exact) mass is 535 g/mol. The number of phenols is 1. The van der Waals surface area contributed by atoms with Crippen LogP contribution in [0.3, 0.4) is 0 Å². The summed E-state index contributed by atoms with van der Waals surface area (Å²) in [6, 6.07) is 17.3. The molecule has 1 amide bonds. The molecule has 2 N–H and O–H groups in total. The van der Waals surface area contributed by atoms with Gasteiger partial charge in [-0.25, -0.2) is 0 Å². The Morgan fingerprint density at radius 2 is 1.68 bits per heavy atom. The number of hydrogen-bond acceptors (Lipinski definition) is 6. The van der Waals surface area contributed by atoms with Gasteiger partial charge in [-0.05, 0) is 66.4 Å². The van der Waals surface area contributed by atoms with Gasteiger partial charge in [0, 0.05) is 12.1 Å². The SMILES string of the molecule is CCOc1cc(/C(O)=C2/C(=O)C(=O)N(Cc3ccc(OCC(C)C)cc3)C2c2ccc(O)cc2)ccc1Cl. The van der Waals surface area contributed by atoms with Crippen LogP contribution in [0.4, 0.5) is 0 Å². The molecule has 1 unspecified atom stereocenters. The van der Waals surface area contributed by atoms with E-state index in [9.17, 15) is 19.8 Å². The number of rotatable bonds is 9. The van der Waals surface area contributed by atoms with Gasteiger partial charge in [0.25, 0.3) is 11.7 Å². The molecule has 1 saturated heterocycles. The minimum absolute atomic E-state index is 0.0433. The fourth-order valence-electron chi connectivity index (χ4n) is 4.27. The number of aromatic hydroxyl groups is 1. The molecule has 0 bridgehead atoms. The first-order chi connectivity index (χ1) is 18.2. The predicted molar refractivity (Wildman–Crippen MR) is 145 cm³/mol. The van der Waals surface area contributed by atoms with E-state index in [1.54, 1.807) is 30.3 Å². The molecule has 1 aliphatic rings. The second-order valence-electron chi connectivity index (χ2n) is 9.45. The molecule has 3 aromatic rings. The van der Waals surface area contributed by atoms with Crippen molar-refractivity contribution < 1.29 is 29.3 Å². The molecule has 8 heteroatoms. The number of hydrogen-bond donors (Lipinski definition) is 2. The van der Waals surface area contributed by atoms with E-state index in [1.807, 2.05) is 31.2 Å². The van der Waals surface area contributed by atoms with Crippen LogP contribution in [0.15, 0.2) is 72.3 Å². The molecule has 7 nitrogen and oxygen atoms in total. The Bertz CT molecular complexity index is 1350. The highest BCUT2D eigenvalue weighted by Crippen LogP contribution is 2.41. The Morgan fingerprint density at radius 3 is 2.32 bits per heavy atom. The molecule has 4 rings (SSSR count). The van der Waals surface area contributed by atoms with E-state index in [0.29, 0.717) is 46.8 Å². The van der Waals surface area contributed by atoms with Crippen molar-refractivity contribution in [3.8, 4) is 17.2 Å². The lowest BCUT2D eigenvalue weighted by Crippen LogP contribution is -2.29. The van der Waals surface area contributed by atoms with E-state index in [2.05, 4.69) is 13.8 Å². The Labute approximate surface area is 226 Å². The minimum atomic E-state index is -0.876. The van der Waals surface area contributed by atoms with Gasteiger partial charge in [0.15, 0.2) is 0 Å². The number of nitrogens with zero attached hydrogens (tertiary/aromatic N) is 1. The number of ether oxygens (including phenoxy) is 2. The number of amides is 1. The van der Waals surface area contributed by atoms with Gasteiger partial charge in [0.2, 0.25) is 0 Å². The highest BCUT2D eigenvalue weighted by Gasteiger charge is 2.46. The topological polar surface area (TPSA) is 96.3 Å². The molecular weight excluding hydrogens is 506 g/mol. The van der Waals surface area contributed by atoms with Crippen molar-refractivity contribution in [1.29, 1.82) is 0 Å². The number of benzene rings is 3. The van der Waals surface area contributed by atoms with Crippen molar-refractivity contribution in [2.24, 2.45) is 5.92 Å². The van der Waals surface area contributed by atoms with Gasteiger partial charge in [-0.2, -0.15) is 0 Å². The van der Waals surface area contributed by atoms with Crippen molar-refractivity contribution >= 4 is 29.1 Å². The van der Waals surface area contributed by atoms with E-state index in [0.717, 1.165) is 5.56 Å². The number of Topliss-reactive ketones (excluding diaryl/α,β-unsaturated/α-hetero) is 1. The summed E-state index contributed by atoms with van der Waals surface area (Å²) >= 11 is 6.21. The van der Waals surface area contributed by atoms with Crippen molar-refractivity contribution in [3.63, 3.8) is 0 Å². The Hall–Kier alpha value is -3.97. The number of carbonyl (C=O) groups excluding carboxylic acids is 2. The second-order valence-corrected chi connectivity index (χ2v) is 9.85. The molecule has 3 aromatic carbocycles. The summed E-state index contributed by atoms with van der Waals surface area (Å²) in [5.74, 6) is -0.368. The Morgan fingerprint density at radius 1 is 1.00 bits per heavy atom. The third-order valence-electron chi connectivity index (χ3n) is 6.11. The zero-order valence-corrected chi connectivity index (χ0v) is 22.2. The average molecular weight is 536 g/mol. The molecular formula is C30H30ClNO6. The van der Waals surface area contributed by atoms with Crippen LogP contribution < -0.4 is 9.47 Å². The maximum absolute atomic E-state index is 13.3. The van der Waals surface area contributed by atoms with Crippen molar-refractivity contribution in [1.82, 2.24) is 4.90 Å². The van der Waals surface area contributed by atoms with E-state index < -0.39 is 17.7 Å². The zero-order chi connectivity index (χ0) is 27.4. The second kappa shape index (κ2) is 11.6. The van der Waals surface area contributed by atoms with Crippen LogP contribution >= 0.6 is 11.6 Å². The average Bonchev–Trinajstić information content (AvgIpc) is 3.14. The summed E-state index contributed by atoms with van der Waals surface area (Å²) in [7, 11) is 0. The smallest absolute Gasteiger partial charge is 0.295 e. The van der Waals surface area contributed by atoms with Gasteiger partial charge in [0.1, 0.15) is 23.0 Å². The highest BCUT2D eigenvalue weighted by molar-refractivity contribution is 6.46. The van der Waals surface area contributed by atoms with Crippen LogP contribution in [-0.4, -0.2) is 40.0 Å². The Kier molecular flexibility index (Phi) is 8.27. The van der Waals surface area contributed by atoms with E-state index >= 15 is 0 Å². The van der Waals surface area contributed by atoms with Gasteiger partial charge >= 0.3 is 0 Å². The molecule has 1 aliphatic heterocycles. The van der Waals surface area contributed by atoms with Crippen LogP contribution in [0.25, 0.3) is 5.76 Å². The molecule has 0 aliphatic carbocycles. The number of halogens is 1. The van der Waals surface area contributed by atoms with E-state index in [1.165, 1.54) is 17.0 Å². The third kappa shape index (κ3) is 5.78. The van der Waals surface area contributed by atoms with Gasteiger partial charge in [-0.3, -0.25) is 9.59 Å². The standard InChI is InChI=1S/C30H30ClNO6/c1-4-37-25-15-21(9-14-24(25)31)28(34)26-27(20-7-10-22(33)11-8-20)32(30(36)29(26)35)16-19-5-12-23(13-6-19)38-17-18(2)3/h5-15,18,27,33-34H,4,16-17H2,1-3H3/b28-26-. The lowest BCUT2D eigenvalue weighted by Gasteiger charge is -2.25. The van der Waals surface area contributed by atoms with Crippen LogP contribution in [0.1, 0.15) is 43.5 Å². The molecule has 0 spiro atoms. The van der Waals surface area contributed by atoms with Crippen LogP contribution in [0, 0.1) is 5.92 Å². The quantitative estimate of drug-likeness (QED) is 0.195. The van der Waals surface area contributed by atoms with Gasteiger partial charge in [-0.1, -0.05) is 49.7 Å². The highest BCUT2D eigenvalue weighted by atomic mass is 35.5. The van der Waals surface area contributed by atoms with Crippen molar-refractivity contribution in [2.45, 2.75) is 33.4 Å². The maximum atomic E-state index is 13.3. The number of likely N-dealkylation sites (tertiary alicyclic amines) is 1. The molecule has 0 saturated carbocycles. The summed E-state index contributed by atoms with van der Waals surface area (Å²) in [6.45, 7) is 7.02. The largest absolute Gasteiger partial charge is 0.508 e. The first-order valence-corrected chi connectivity index (χ1v) is 12.8. The Balaban J connectivity index is 1.75. The van der Waals surface area contributed by atoms with Crippen LogP contribution in [0.5, 0.6) is 17.2 Å².